The lowest BCUT2D eigenvalue weighted by Crippen LogP contribution is -2.51. The number of carbonyl (C=O) groups is 1. The van der Waals surface area contributed by atoms with Crippen LogP contribution in [0, 0.1) is 0 Å². The van der Waals surface area contributed by atoms with Gasteiger partial charge in [0.05, 0.1) is 15.7 Å². The Balaban J connectivity index is 1.48. The number of hydrogen-bond acceptors (Lipinski definition) is 5. The molecule has 31 heavy (non-hydrogen) atoms. The van der Waals surface area contributed by atoms with E-state index in [9.17, 15) is 4.79 Å². The third-order valence-electron chi connectivity index (χ3n) is 5.40. The van der Waals surface area contributed by atoms with E-state index < -0.39 is 5.34 Å². The quantitative estimate of drug-likeness (QED) is 0.659. The van der Waals surface area contributed by atoms with Crippen molar-refractivity contribution in [3.63, 3.8) is 0 Å². The molecule has 0 bridgehead atoms. The van der Waals surface area contributed by atoms with Gasteiger partial charge in [-0.15, -0.1) is 0 Å². The standard InChI is InChI=1S/C23H23B2N5O/c24-23(25)11-14-29(17-18-5-2-1-3-6-18)15-16-30(23)21-8-4-7-20(28-21)22(31)27-19-9-12-26-13-10-19/h1-10,12-13H,11,14-17H2,(H,26,27,31). The van der Waals surface area contributed by atoms with Gasteiger partial charge in [0.2, 0.25) is 0 Å². The summed E-state index contributed by atoms with van der Waals surface area (Å²) in [6.45, 7) is 3.02. The molecule has 0 atom stereocenters. The van der Waals surface area contributed by atoms with Gasteiger partial charge in [-0.05, 0) is 48.1 Å². The summed E-state index contributed by atoms with van der Waals surface area (Å²) in [5, 5.41) is 1.77. The highest BCUT2D eigenvalue weighted by Crippen LogP contribution is 2.25. The molecule has 0 spiro atoms. The Morgan fingerprint density at radius 3 is 2.52 bits per heavy atom. The van der Waals surface area contributed by atoms with Crippen LogP contribution < -0.4 is 10.2 Å². The number of pyridine rings is 2. The number of hydrogen-bond donors (Lipinski definition) is 1. The van der Waals surface area contributed by atoms with Gasteiger partial charge in [-0.25, -0.2) is 4.98 Å². The fourth-order valence-electron chi connectivity index (χ4n) is 3.69. The second-order valence-electron chi connectivity index (χ2n) is 7.73. The van der Waals surface area contributed by atoms with Crippen molar-refractivity contribution < 1.29 is 4.79 Å². The molecule has 0 saturated carbocycles. The van der Waals surface area contributed by atoms with E-state index in [-0.39, 0.29) is 5.91 Å². The Bertz CT molecular complexity index is 1020. The van der Waals surface area contributed by atoms with Crippen molar-refractivity contribution in [3.8, 4) is 0 Å². The smallest absolute Gasteiger partial charge is 0.274 e. The summed E-state index contributed by atoms with van der Waals surface area (Å²) >= 11 is 0. The summed E-state index contributed by atoms with van der Waals surface area (Å²) in [5.41, 5.74) is 2.21. The van der Waals surface area contributed by atoms with E-state index in [1.165, 1.54) is 5.56 Å². The van der Waals surface area contributed by atoms with Gasteiger partial charge >= 0.3 is 0 Å². The maximum atomic E-state index is 12.7. The van der Waals surface area contributed by atoms with Gasteiger partial charge < -0.3 is 10.2 Å². The van der Waals surface area contributed by atoms with Crippen LogP contribution in [0.25, 0.3) is 0 Å². The molecule has 2 aromatic heterocycles. The van der Waals surface area contributed by atoms with Crippen LogP contribution in [0.4, 0.5) is 11.5 Å². The summed E-state index contributed by atoms with van der Waals surface area (Å²) in [6, 6.07) is 19.1. The molecule has 1 aliphatic heterocycles. The molecule has 1 N–H and O–H groups in total. The molecular weight excluding hydrogens is 384 g/mol. The molecule has 0 unspecified atom stereocenters. The molecule has 1 fully saturated rings. The summed E-state index contributed by atoms with van der Waals surface area (Å²) in [5.74, 6) is 0.294. The Morgan fingerprint density at radius 2 is 1.74 bits per heavy atom. The first-order valence-electron chi connectivity index (χ1n) is 10.3. The number of carbonyl (C=O) groups excluding carboxylic acids is 1. The SMILES string of the molecule is [B]C1([B])CCN(Cc2ccccc2)CCN1c1cccc(C(=O)Nc2ccncc2)n1. The fourth-order valence-corrected chi connectivity index (χ4v) is 3.69. The van der Waals surface area contributed by atoms with Gasteiger partial charge in [-0.3, -0.25) is 14.7 Å². The second kappa shape index (κ2) is 9.35. The number of nitrogens with one attached hydrogen (secondary N) is 1. The van der Waals surface area contributed by atoms with Crippen LogP contribution in [0.15, 0.2) is 73.1 Å². The zero-order chi connectivity index (χ0) is 21.7. The predicted molar refractivity (Wildman–Crippen MR) is 124 cm³/mol. The van der Waals surface area contributed by atoms with E-state index >= 15 is 0 Å². The number of rotatable bonds is 5. The first-order chi connectivity index (χ1) is 15.0. The first kappa shape index (κ1) is 21.1. The fraction of sp³-hybridized carbons (Fsp3) is 0.261. The zero-order valence-electron chi connectivity index (χ0n) is 17.3. The molecule has 1 aliphatic rings. The van der Waals surface area contributed by atoms with E-state index in [1.807, 2.05) is 29.2 Å². The van der Waals surface area contributed by atoms with Crippen molar-refractivity contribution in [3.05, 3.63) is 84.3 Å². The Hall–Kier alpha value is -3.12. The minimum atomic E-state index is -1.06. The number of amides is 1. The number of anilines is 2. The van der Waals surface area contributed by atoms with Crippen molar-refractivity contribution >= 4 is 33.1 Å². The van der Waals surface area contributed by atoms with Crippen LogP contribution in [0.1, 0.15) is 22.5 Å². The van der Waals surface area contributed by atoms with E-state index in [0.717, 1.165) is 19.6 Å². The Kier molecular flexibility index (Phi) is 6.37. The Morgan fingerprint density at radius 1 is 0.968 bits per heavy atom. The lowest BCUT2D eigenvalue weighted by Gasteiger charge is -2.39. The highest BCUT2D eigenvalue weighted by Gasteiger charge is 2.31. The van der Waals surface area contributed by atoms with Crippen LogP contribution in [0.5, 0.6) is 0 Å². The second-order valence-corrected chi connectivity index (χ2v) is 7.73. The minimum absolute atomic E-state index is 0.298. The van der Waals surface area contributed by atoms with E-state index in [0.29, 0.717) is 30.2 Å². The van der Waals surface area contributed by atoms with Crippen molar-refractivity contribution in [2.75, 3.05) is 29.9 Å². The third kappa shape index (κ3) is 5.33. The van der Waals surface area contributed by atoms with Gasteiger partial charge in [0.25, 0.3) is 5.91 Å². The van der Waals surface area contributed by atoms with E-state index in [4.69, 9.17) is 15.7 Å². The van der Waals surface area contributed by atoms with Crippen LogP contribution in [-0.2, 0) is 6.54 Å². The number of aromatic nitrogens is 2. The van der Waals surface area contributed by atoms with Crippen molar-refractivity contribution in [1.82, 2.24) is 14.9 Å². The largest absolute Gasteiger partial charge is 0.367 e. The van der Waals surface area contributed by atoms with Gasteiger partial charge in [0, 0.05) is 37.7 Å². The summed E-state index contributed by atoms with van der Waals surface area (Å²) in [4.78, 5) is 25.4. The van der Waals surface area contributed by atoms with Gasteiger partial charge in [-0.2, -0.15) is 0 Å². The van der Waals surface area contributed by atoms with Crippen molar-refractivity contribution in [1.29, 1.82) is 0 Å². The lowest BCUT2D eigenvalue weighted by atomic mass is 9.59. The predicted octanol–water partition coefficient (Wildman–Crippen LogP) is 2.43. The molecule has 8 heteroatoms. The van der Waals surface area contributed by atoms with E-state index in [1.54, 1.807) is 36.7 Å². The highest BCUT2D eigenvalue weighted by atomic mass is 16.1. The van der Waals surface area contributed by atoms with Crippen LogP contribution >= 0.6 is 0 Å². The molecule has 0 aliphatic carbocycles. The average molecular weight is 407 g/mol. The van der Waals surface area contributed by atoms with Gasteiger partial charge in [0.1, 0.15) is 11.5 Å². The van der Waals surface area contributed by atoms with Gasteiger partial charge in [0.15, 0.2) is 0 Å². The van der Waals surface area contributed by atoms with Crippen LogP contribution in [0.3, 0.4) is 0 Å². The van der Waals surface area contributed by atoms with Crippen molar-refractivity contribution in [2.45, 2.75) is 18.3 Å². The zero-order valence-corrected chi connectivity index (χ0v) is 17.3. The summed E-state index contributed by atoms with van der Waals surface area (Å²) in [7, 11) is 13.0. The van der Waals surface area contributed by atoms with E-state index in [2.05, 4.69) is 32.3 Å². The first-order valence-corrected chi connectivity index (χ1v) is 10.3. The number of nitrogens with zero attached hydrogens (tertiary/aromatic N) is 4. The third-order valence-corrected chi connectivity index (χ3v) is 5.40. The molecular formula is C23H23B2N5O. The molecule has 1 amide bonds. The Labute approximate surface area is 185 Å². The minimum Gasteiger partial charge on any atom is -0.367 e. The molecule has 4 rings (SSSR count). The molecule has 4 radical (unpaired) electrons. The summed E-state index contributed by atoms with van der Waals surface area (Å²) in [6.07, 6.45) is 3.82. The molecule has 3 heterocycles. The average Bonchev–Trinajstić information content (AvgIpc) is 2.93. The van der Waals surface area contributed by atoms with Crippen LogP contribution in [0.2, 0.25) is 0 Å². The highest BCUT2D eigenvalue weighted by molar-refractivity contribution is 6.41. The van der Waals surface area contributed by atoms with Gasteiger partial charge in [-0.1, -0.05) is 36.4 Å². The molecule has 6 nitrogen and oxygen atoms in total. The van der Waals surface area contributed by atoms with Crippen molar-refractivity contribution in [2.24, 2.45) is 0 Å². The molecule has 3 aromatic rings. The number of benzene rings is 1. The maximum absolute atomic E-state index is 12.7. The monoisotopic (exact) mass is 407 g/mol. The maximum Gasteiger partial charge on any atom is 0.274 e. The summed E-state index contributed by atoms with van der Waals surface area (Å²) < 4.78 is 0. The molecule has 1 aromatic carbocycles. The lowest BCUT2D eigenvalue weighted by molar-refractivity contribution is 0.102. The normalized spacial score (nSPS) is 16.5. The topological polar surface area (TPSA) is 61.4 Å². The molecule has 1 saturated heterocycles. The van der Waals surface area contributed by atoms with Crippen LogP contribution in [-0.4, -0.2) is 61.4 Å². The molecule has 152 valence electrons.